The molecule has 2 rings (SSSR count). The third-order valence-corrected chi connectivity index (χ3v) is 2.20. The molecule has 4 heteroatoms. The van der Waals surface area contributed by atoms with Crippen molar-refractivity contribution in [2.45, 2.75) is 6.92 Å². The molecule has 0 atom stereocenters. The van der Waals surface area contributed by atoms with Gasteiger partial charge in [0.05, 0.1) is 24.0 Å². The van der Waals surface area contributed by atoms with E-state index in [2.05, 4.69) is 4.98 Å². The Balaban J connectivity index is 2.75. The highest BCUT2D eigenvalue weighted by atomic mass is 16.1. The fourth-order valence-corrected chi connectivity index (χ4v) is 1.53. The van der Waals surface area contributed by atoms with Gasteiger partial charge in [0.2, 0.25) is 0 Å². The highest BCUT2D eigenvalue weighted by Gasteiger charge is 2.09. The molecule has 0 bridgehead atoms. The van der Waals surface area contributed by atoms with E-state index in [1.807, 2.05) is 23.5 Å². The molecule has 0 saturated heterocycles. The van der Waals surface area contributed by atoms with Crippen LogP contribution in [0.3, 0.4) is 0 Å². The number of aromatic nitrogens is 2. The van der Waals surface area contributed by atoms with Crippen LogP contribution in [-0.2, 0) is 0 Å². The first kappa shape index (κ1) is 8.90. The number of hydrogen-bond donors (Lipinski definition) is 1. The predicted octanol–water partition coefficient (Wildman–Crippen LogP) is 0.784. The van der Waals surface area contributed by atoms with Gasteiger partial charge in [-0.3, -0.25) is 9.20 Å². The summed E-state index contributed by atoms with van der Waals surface area (Å²) in [7, 11) is 0. The van der Waals surface area contributed by atoms with Gasteiger partial charge >= 0.3 is 0 Å². The molecule has 0 aliphatic carbocycles. The Hall–Kier alpha value is -1.68. The topological polar surface area (TPSA) is 60.4 Å². The predicted molar refractivity (Wildman–Crippen MR) is 53.3 cm³/mol. The van der Waals surface area contributed by atoms with Crippen molar-refractivity contribution < 1.29 is 4.79 Å². The zero-order valence-corrected chi connectivity index (χ0v) is 7.90. The molecule has 2 aromatic heterocycles. The molecule has 0 aliphatic rings. The number of imidazole rings is 1. The summed E-state index contributed by atoms with van der Waals surface area (Å²) < 4.78 is 1.81. The number of aryl methyl sites for hydroxylation is 1. The van der Waals surface area contributed by atoms with Gasteiger partial charge in [-0.25, -0.2) is 4.98 Å². The van der Waals surface area contributed by atoms with E-state index in [1.165, 1.54) is 0 Å². The number of carbonyl (C=O) groups is 1. The molecule has 4 nitrogen and oxygen atoms in total. The lowest BCUT2D eigenvalue weighted by molar-refractivity contribution is 0.0995. The quantitative estimate of drug-likeness (QED) is 0.710. The maximum atomic E-state index is 11.5. The number of Topliss-reactive ketones (excluding diaryl/α,β-unsaturated/α-hetero) is 1. The average molecular weight is 189 g/mol. The number of pyridine rings is 1. The van der Waals surface area contributed by atoms with Gasteiger partial charge in [-0.2, -0.15) is 0 Å². The minimum atomic E-state index is -0.0725. The molecule has 0 unspecified atom stereocenters. The van der Waals surface area contributed by atoms with Crippen LogP contribution in [0.1, 0.15) is 16.3 Å². The molecule has 0 radical (unpaired) electrons. The van der Waals surface area contributed by atoms with Crippen LogP contribution in [0, 0.1) is 6.92 Å². The van der Waals surface area contributed by atoms with Crippen molar-refractivity contribution in [2.24, 2.45) is 5.73 Å². The Bertz CT molecular complexity index is 487. The average Bonchev–Trinajstić information content (AvgIpc) is 2.59. The van der Waals surface area contributed by atoms with Crippen LogP contribution in [0.2, 0.25) is 0 Å². The SMILES string of the molecule is Cc1ncc2cccc(C(=O)CN)n12. The second-order valence-corrected chi connectivity index (χ2v) is 3.10. The number of nitrogens with two attached hydrogens (primary N) is 1. The molecule has 0 fully saturated rings. The monoisotopic (exact) mass is 189 g/mol. The lowest BCUT2D eigenvalue weighted by Gasteiger charge is -2.03. The van der Waals surface area contributed by atoms with E-state index in [-0.39, 0.29) is 12.3 Å². The van der Waals surface area contributed by atoms with E-state index in [0.717, 1.165) is 11.3 Å². The zero-order valence-electron chi connectivity index (χ0n) is 7.90. The molecule has 0 saturated carbocycles. The Morgan fingerprint density at radius 3 is 3.07 bits per heavy atom. The number of carbonyl (C=O) groups excluding carboxylic acids is 1. The minimum Gasteiger partial charge on any atom is -0.324 e. The molecule has 0 aliphatic heterocycles. The van der Waals surface area contributed by atoms with Gasteiger partial charge < -0.3 is 5.73 Å². The Labute approximate surface area is 81.4 Å². The maximum absolute atomic E-state index is 11.5. The minimum absolute atomic E-state index is 0.0245. The Kier molecular flexibility index (Phi) is 2.05. The maximum Gasteiger partial charge on any atom is 0.193 e. The van der Waals surface area contributed by atoms with E-state index in [0.29, 0.717) is 5.69 Å². The first-order chi connectivity index (χ1) is 6.74. The van der Waals surface area contributed by atoms with Crippen molar-refractivity contribution in [1.29, 1.82) is 0 Å². The van der Waals surface area contributed by atoms with Crippen LogP contribution >= 0.6 is 0 Å². The van der Waals surface area contributed by atoms with Crippen molar-refractivity contribution in [1.82, 2.24) is 9.38 Å². The van der Waals surface area contributed by atoms with Crippen LogP contribution in [0.25, 0.3) is 5.52 Å². The lowest BCUT2D eigenvalue weighted by atomic mass is 10.2. The molecule has 14 heavy (non-hydrogen) atoms. The summed E-state index contributed by atoms with van der Waals surface area (Å²) in [5.74, 6) is 0.731. The van der Waals surface area contributed by atoms with Crippen molar-refractivity contribution in [3.63, 3.8) is 0 Å². The highest BCUT2D eigenvalue weighted by molar-refractivity contribution is 5.96. The van der Waals surface area contributed by atoms with Crippen molar-refractivity contribution in [3.8, 4) is 0 Å². The van der Waals surface area contributed by atoms with Crippen LogP contribution < -0.4 is 5.73 Å². The summed E-state index contributed by atoms with van der Waals surface area (Å²) in [6.45, 7) is 1.89. The molecular formula is C10H11N3O. The second-order valence-electron chi connectivity index (χ2n) is 3.10. The molecule has 0 amide bonds. The third-order valence-electron chi connectivity index (χ3n) is 2.20. The molecule has 2 aromatic rings. The number of hydrogen-bond acceptors (Lipinski definition) is 3. The number of rotatable bonds is 2. The van der Waals surface area contributed by atoms with Gasteiger partial charge in [0.25, 0.3) is 0 Å². The second kappa shape index (κ2) is 3.23. The van der Waals surface area contributed by atoms with E-state index < -0.39 is 0 Å². The van der Waals surface area contributed by atoms with Gasteiger partial charge in [0.15, 0.2) is 5.78 Å². The van der Waals surface area contributed by atoms with Crippen molar-refractivity contribution >= 4 is 11.3 Å². The van der Waals surface area contributed by atoms with E-state index in [1.54, 1.807) is 12.3 Å². The lowest BCUT2D eigenvalue weighted by Crippen LogP contribution is -2.17. The van der Waals surface area contributed by atoms with Crippen LogP contribution in [0.5, 0.6) is 0 Å². The van der Waals surface area contributed by atoms with Gasteiger partial charge in [-0.05, 0) is 19.1 Å². The summed E-state index contributed by atoms with van der Waals surface area (Å²) >= 11 is 0. The molecule has 72 valence electrons. The van der Waals surface area contributed by atoms with Gasteiger partial charge in [-0.15, -0.1) is 0 Å². The summed E-state index contributed by atoms with van der Waals surface area (Å²) in [6, 6.07) is 5.50. The normalized spacial score (nSPS) is 10.7. The van der Waals surface area contributed by atoms with E-state index >= 15 is 0 Å². The summed E-state index contributed by atoms with van der Waals surface area (Å²) in [5, 5.41) is 0. The fraction of sp³-hybridized carbons (Fsp3) is 0.200. The standard InChI is InChI=1S/C10H11N3O/c1-7-12-6-8-3-2-4-9(13(7)8)10(14)5-11/h2-4,6H,5,11H2,1H3. The van der Waals surface area contributed by atoms with Crippen LogP contribution in [0.15, 0.2) is 24.4 Å². The summed E-state index contributed by atoms with van der Waals surface area (Å²) in [4.78, 5) is 15.6. The molecular weight excluding hydrogens is 178 g/mol. The molecule has 0 spiro atoms. The Morgan fingerprint density at radius 2 is 2.36 bits per heavy atom. The highest BCUT2D eigenvalue weighted by Crippen LogP contribution is 2.10. The zero-order chi connectivity index (χ0) is 10.1. The van der Waals surface area contributed by atoms with Gasteiger partial charge in [0, 0.05) is 0 Å². The number of nitrogens with zero attached hydrogens (tertiary/aromatic N) is 2. The third kappa shape index (κ3) is 1.20. The number of ketones is 1. The first-order valence-corrected chi connectivity index (χ1v) is 4.40. The van der Waals surface area contributed by atoms with Gasteiger partial charge in [-0.1, -0.05) is 6.07 Å². The first-order valence-electron chi connectivity index (χ1n) is 4.40. The smallest absolute Gasteiger partial charge is 0.193 e. The van der Waals surface area contributed by atoms with E-state index in [9.17, 15) is 4.79 Å². The fourth-order valence-electron chi connectivity index (χ4n) is 1.53. The summed E-state index contributed by atoms with van der Waals surface area (Å²) in [6.07, 6.45) is 1.74. The Morgan fingerprint density at radius 1 is 1.57 bits per heavy atom. The van der Waals surface area contributed by atoms with Crippen molar-refractivity contribution in [2.75, 3.05) is 6.54 Å². The summed E-state index contributed by atoms with van der Waals surface area (Å²) in [5.41, 5.74) is 6.85. The van der Waals surface area contributed by atoms with E-state index in [4.69, 9.17) is 5.73 Å². The van der Waals surface area contributed by atoms with Gasteiger partial charge in [0.1, 0.15) is 5.82 Å². The molecule has 2 heterocycles. The molecule has 0 aromatic carbocycles. The van der Waals surface area contributed by atoms with Crippen LogP contribution in [0.4, 0.5) is 0 Å². The molecule has 2 N–H and O–H groups in total. The largest absolute Gasteiger partial charge is 0.324 e. The number of fused-ring (bicyclic) bond motifs is 1. The van der Waals surface area contributed by atoms with Crippen molar-refractivity contribution in [3.05, 3.63) is 35.9 Å². The van der Waals surface area contributed by atoms with Crippen LogP contribution in [-0.4, -0.2) is 21.7 Å².